The normalized spacial score (nSPS) is 10.4. The molecule has 0 aliphatic carbocycles. The summed E-state index contributed by atoms with van der Waals surface area (Å²) in [4.78, 5) is 17.1. The molecule has 0 saturated carbocycles. The number of nitrogens with one attached hydrogen (secondary N) is 2. The third kappa shape index (κ3) is 3.69. The van der Waals surface area contributed by atoms with Crippen LogP contribution in [0.2, 0.25) is 0 Å². The summed E-state index contributed by atoms with van der Waals surface area (Å²) in [5.74, 6) is 2.08. The molecule has 0 unspecified atom stereocenters. The van der Waals surface area contributed by atoms with Crippen LogP contribution in [0.4, 0.5) is 5.69 Å². The molecule has 0 bridgehead atoms. The van der Waals surface area contributed by atoms with E-state index >= 15 is 0 Å². The molecule has 8 heteroatoms. The first-order valence-corrected chi connectivity index (χ1v) is 8.17. The molecule has 3 aromatic rings. The van der Waals surface area contributed by atoms with Crippen molar-refractivity contribution in [1.29, 1.82) is 0 Å². The van der Waals surface area contributed by atoms with Crippen molar-refractivity contribution in [3.05, 3.63) is 47.8 Å². The third-order valence-electron chi connectivity index (χ3n) is 3.92. The summed E-state index contributed by atoms with van der Waals surface area (Å²) < 4.78 is 15.9. The van der Waals surface area contributed by atoms with E-state index in [9.17, 15) is 4.79 Å². The van der Waals surface area contributed by atoms with E-state index in [0.717, 1.165) is 11.4 Å². The van der Waals surface area contributed by atoms with E-state index in [4.69, 9.17) is 14.2 Å². The Morgan fingerprint density at radius 2 is 1.81 bits per heavy atom. The number of H-pyrrole nitrogens is 1. The second kappa shape index (κ2) is 7.77. The van der Waals surface area contributed by atoms with Crippen LogP contribution in [0, 0.1) is 6.92 Å². The number of amides is 1. The number of hydrogen-bond acceptors (Lipinski definition) is 6. The number of carbonyl (C=O) groups is 1. The summed E-state index contributed by atoms with van der Waals surface area (Å²) in [7, 11) is 4.48. The molecule has 1 heterocycles. The third-order valence-corrected chi connectivity index (χ3v) is 3.92. The lowest BCUT2D eigenvalue weighted by Crippen LogP contribution is -2.14. The summed E-state index contributed by atoms with van der Waals surface area (Å²) >= 11 is 0. The minimum Gasteiger partial charge on any atom is -0.493 e. The van der Waals surface area contributed by atoms with Gasteiger partial charge in [0.05, 0.1) is 26.9 Å². The molecular weight excluding hydrogens is 348 g/mol. The molecule has 27 heavy (non-hydrogen) atoms. The fourth-order valence-electron chi connectivity index (χ4n) is 2.69. The fraction of sp³-hybridized carbons (Fsp3) is 0.211. The first-order chi connectivity index (χ1) is 13.1. The van der Waals surface area contributed by atoms with E-state index in [1.165, 1.54) is 21.3 Å². The number of ether oxygens (including phenoxy) is 3. The molecule has 0 saturated heterocycles. The molecule has 1 amide bonds. The second-order valence-corrected chi connectivity index (χ2v) is 5.66. The SMILES string of the molecule is COc1ccc(C(=O)Nc2cccc(-c3n[nH]c(C)n3)c2)c(OC)c1OC. The summed E-state index contributed by atoms with van der Waals surface area (Å²) in [5, 5.41) is 9.79. The Bertz CT molecular complexity index is 968. The summed E-state index contributed by atoms with van der Waals surface area (Å²) in [5.41, 5.74) is 1.72. The van der Waals surface area contributed by atoms with Gasteiger partial charge in [-0.05, 0) is 31.2 Å². The number of nitrogens with zero attached hydrogens (tertiary/aromatic N) is 2. The van der Waals surface area contributed by atoms with Crippen molar-refractivity contribution in [2.75, 3.05) is 26.6 Å². The van der Waals surface area contributed by atoms with Crippen LogP contribution in [-0.2, 0) is 0 Å². The lowest BCUT2D eigenvalue weighted by atomic mass is 10.1. The molecule has 0 fully saturated rings. The number of methoxy groups -OCH3 is 3. The van der Waals surface area contributed by atoms with Crippen molar-refractivity contribution in [2.24, 2.45) is 0 Å². The van der Waals surface area contributed by atoms with Gasteiger partial charge in [-0.3, -0.25) is 9.89 Å². The van der Waals surface area contributed by atoms with Crippen LogP contribution in [0.25, 0.3) is 11.4 Å². The molecule has 2 aromatic carbocycles. The number of anilines is 1. The topological polar surface area (TPSA) is 98.4 Å². The Kier molecular flexibility index (Phi) is 5.25. The minimum atomic E-state index is -0.337. The smallest absolute Gasteiger partial charge is 0.259 e. The lowest BCUT2D eigenvalue weighted by molar-refractivity contribution is 0.102. The molecule has 8 nitrogen and oxygen atoms in total. The molecule has 0 atom stereocenters. The van der Waals surface area contributed by atoms with Crippen LogP contribution in [0.15, 0.2) is 36.4 Å². The van der Waals surface area contributed by atoms with Crippen molar-refractivity contribution >= 4 is 11.6 Å². The summed E-state index contributed by atoms with van der Waals surface area (Å²) in [6.45, 7) is 1.82. The van der Waals surface area contributed by atoms with E-state index in [1.807, 2.05) is 19.1 Å². The first kappa shape index (κ1) is 18.2. The number of aromatic amines is 1. The molecule has 1 aromatic heterocycles. The second-order valence-electron chi connectivity index (χ2n) is 5.66. The van der Waals surface area contributed by atoms with E-state index in [-0.39, 0.29) is 5.91 Å². The minimum absolute atomic E-state index is 0.301. The maximum absolute atomic E-state index is 12.8. The number of hydrogen-bond donors (Lipinski definition) is 2. The Morgan fingerprint density at radius 1 is 1.04 bits per heavy atom. The standard InChI is InChI=1S/C19H20N4O4/c1-11-20-18(23-22-11)12-6-5-7-13(10-12)21-19(24)14-8-9-15(25-2)17(27-4)16(14)26-3/h5-10H,1-4H3,(H,21,24)(H,20,22,23). The summed E-state index contributed by atoms with van der Waals surface area (Å²) in [6, 6.07) is 10.6. The van der Waals surface area contributed by atoms with Crippen LogP contribution in [0.3, 0.4) is 0 Å². The van der Waals surface area contributed by atoms with E-state index in [0.29, 0.717) is 34.3 Å². The van der Waals surface area contributed by atoms with Crippen molar-refractivity contribution in [1.82, 2.24) is 15.2 Å². The van der Waals surface area contributed by atoms with Gasteiger partial charge in [0.1, 0.15) is 5.82 Å². The highest BCUT2D eigenvalue weighted by atomic mass is 16.5. The predicted octanol–water partition coefficient (Wildman–Crippen LogP) is 3.06. The quantitative estimate of drug-likeness (QED) is 0.694. The number of carbonyl (C=O) groups excluding carboxylic acids is 1. The predicted molar refractivity (Wildman–Crippen MR) is 101 cm³/mol. The van der Waals surface area contributed by atoms with Gasteiger partial charge in [-0.25, -0.2) is 4.98 Å². The van der Waals surface area contributed by atoms with Gasteiger partial charge in [-0.1, -0.05) is 12.1 Å². The zero-order valence-corrected chi connectivity index (χ0v) is 15.5. The average molecular weight is 368 g/mol. The number of aryl methyl sites for hydroxylation is 1. The molecular formula is C19H20N4O4. The monoisotopic (exact) mass is 368 g/mol. The molecule has 0 aliphatic heterocycles. The molecule has 3 rings (SSSR count). The highest BCUT2D eigenvalue weighted by Gasteiger charge is 2.21. The van der Waals surface area contributed by atoms with E-state index < -0.39 is 0 Å². The molecule has 0 spiro atoms. The van der Waals surface area contributed by atoms with E-state index in [2.05, 4.69) is 20.5 Å². The summed E-state index contributed by atoms with van der Waals surface area (Å²) in [6.07, 6.45) is 0. The van der Waals surface area contributed by atoms with Crippen molar-refractivity contribution in [3.63, 3.8) is 0 Å². The molecule has 140 valence electrons. The Labute approximate surface area is 156 Å². The molecule has 0 aliphatic rings. The number of rotatable bonds is 6. The largest absolute Gasteiger partial charge is 0.493 e. The van der Waals surface area contributed by atoms with Gasteiger partial charge in [0.15, 0.2) is 17.3 Å². The Morgan fingerprint density at radius 3 is 2.44 bits per heavy atom. The van der Waals surface area contributed by atoms with Crippen molar-refractivity contribution < 1.29 is 19.0 Å². The van der Waals surface area contributed by atoms with Crippen molar-refractivity contribution in [3.8, 4) is 28.6 Å². The van der Waals surface area contributed by atoms with Crippen molar-refractivity contribution in [2.45, 2.75) is 6.92 Å². The number of aromatic nitrogens is 3. The lowest BCUT2D eigenvalue weighted by Gasteiger charge is -2.15. The average Bonchev–Trinajstić information content (AvgIpc) is 3.13. The van der Waals surface area contributed by atoms with Crippen LogP contribution in [0.5, 0.6) is 17.2 Å². The van der Waals surface area contributed by atoms with Gasteiger partial charge in [-0.2, -0.15) is 5.10 Å². The van der Waals surface area contributed by atoms with Gasteiger partial charge < -0.3 is 19.5 Å². The zero-order chi connectivity index (χ0) is 19.4. The van der Waals surface area contributed by atoms with Crippen LogP contribution in [0.1, 0.15) is 16.2 Å². The van der Waals surface area contributed by atoms with Gasteiger partial charge in [0, 0.05) is 11.3 Å². The van der Waals surface area contributed by atoms with E-state index in [1.54, 1.807) is 24.3 Å². The maximum atomic E-state index is 12.8. The highest BCUT2D eigenvalue weighted by molar-refractivity contribution is 6.07. The van der Waals surface area contributed by atoms with Crippen LogP contribution < -0.4 is 19.5 Å². The van der Waals surface area contributed by atoms with Gasteiger partial charge in [0.2, 0.25) is 5.75 Å². The molecule has 0 radical (unpaired) electrons. The van der Waals surface area contributed by atoms with Gasteiger partial charge >= 0.3 is 0 Å². The zero-order valence-electron chi connectivity index (χ0n) is 15.5. The van der Waals surface area contributed by atoms with Crippen LogP contribution in [-0.4, -0.2) is 42.4 Å². The molecule has 2 N–H and O–H groups in total. The van der Waals surface area contributed by atoms with Gasteiger partial charge in [0.25, 0.3) is 5.91 Å². The Balaban J connectivity index is 1.90. The highest BCUT2D eigenvalue weighted by Crippen LogP contribution is 2.40. The first-order valence-electron chi connectivity index (χ1n) is 8.17. The van der Waals surface area contributed by atoms with Gasteiger partial charge in [-0.15, -0.1) is 0 Å². The van der Waals surface area contributed by atoms with Crippen LogP contribution >= 0.6 is 0 Å². The Hall–Kier alpha value is -3.55. The fourth-order valence-corrected chi connectivity index (χ4v) is 2.69. The number of benzene rings is 2. The maximum Gasteiger partial charge on any atom is 0.259 e.